The fraction of sp³-hybridized carbons (Fsp3) is 0.185. The summed E-state index contributed by atoms with van der Waals surface area (Å²) in [6.45, 7) is 0.515. The van der Waals surface area contributed by atoms with Crippen molar-refractivity contribution in [1.29, 1.82) is 0 Å². The molecule has 3 aromatic carbocycles. The summed E-state index contributed by atoms with van der Waals surface area (Å²) in [5.74, 6) is 1.45. The van der Waals surface area contributed by atoms with E-state index in [1.165, 1.54) is 0 Å². The molecule has 0 radical (unpaired) electrons. The first kappa shape index (κ1) is 23.3. The van der Waals surface area contributed by atoms with Crippen LogP contribution >= 0.6 is 23.2 Å². The maximum absolute atomic E-state index is 13.6. The molecule has 4 aromatic rings. The molecule has 1 atom stereocenters. The number of amides is 1. The number of fused-ring (bicyclic) bond motifs is 1. The molecule has 178 valence electrons. The van der Waals surface area contributed by atoms with Crippen molar-refractivity contribution in [3.8, 4) is 22.8 Å². The van der Waals surface area contributed by atoms with E-state index in [9.17, 15) is 4.79 Å². The van der Waals surface area contributed by atoms with E-state index in [1.54, 1.807) is 20.3 Å². The predicted octanol–water partition coefficient (Wildman–Crippen LogP) is 6.19. The molecule has 6 nitrogen and oxygen atoms in total. The van der Waals surface area contributed by atoms with Gasteiger partial charge in [0.15, 0.2) is 0 Å². The number of hydrogen-bond donors (Lipinski definition) is 1. The quantitative estimate of drug-likeness (QED) is 0.323. The standard InChI is InChI=1S/C27H23Cl2N3O3/c1-34-19-8-3-16(4-9-19)13-14-32-26(18-7-12-21(28)22(29)15-18)23-24(30-31-25(23)27(32)33)17-5-10-20(35-2)11-6-17/h3-12,15,26H,13-14H2,1-2H3,(H,30,31). The number of carbonyl (C=O) groups excluding carboxylic acids is 1. The van der Waals surface area contributed by atoms with Crippen LogP contribution in [0.4, 0.5) is 0 Å². The second-order valence-corrected chi connectivity index (χ2v) is 9.08. The van der Waals surface area contributed by atoms with Crippen LogP contribution in [-0.2, 0) is 6.42 Å². The maximum atomic E-state index is 13.6. The summed E-state index contributed by atoms with van der Waals surface area (Å²) < 4.78 is 10.5. The van der Waals surface area contributed by atoms with Crippen LogP contribution in [0.25, 0.3) is 11.3 Å². The number of carbonyl (C=O) groups is 1. The van der Waals surface area contributed by atoms with E-state index in [1.807, 2.05) is 65.6 Å². The van der Waals surface area contributed by atoms with Crippen molar-refractivity contribution < 1.29 is 14.3 Å². The molecule has 1 aliphatic rings. The Hall–Kier alpha value is -3.48. The highest BCUT2D eigenvalue weighted by Crippen LogP contribution is 2.44. The third kappa shape index (κ3) is 4.35. The molecule has 5 rings (SSSR count). The van der Waals surface area contributed by atoms with Crippen LogP contribution < -0.4 is 9.47 Å². The van der Waals surface area contributed by atoms with E-state index in [0.717, 1.165) is 39.4 Å². The van der Waals surface area contributed by atoms with Gasteiger partial charge >= 0.3 is 0 Å². The number of H-pyrrole nitrogens is 1. The Kier molecular flexibility index (Phi) is 6.41. The summed E-state index contributed by atoms with van der Waals surface area (Å²) in [4.78, 5) is 15.4. The number of benzene rings is 3. The zero-order chi connectivity index (χ0) is 24.5. The number of nitrogens with zero attached hydrogens (tertiary/aromatic N) is 2. The van der Waals surface area contributed by atoms with Gasteiger partial charge in [0.25, 0.3) is 5.91 Å². The summed E-state index contributed by atoms with van der Waals surface area (Å²) in [6.07, 6.45) is 0.684. The van der Waals surface area contributed by atoms with Gasteiger partial charge in [0.2, 0.25) is 0 Å². The molecule has 2 heterocycles. The highest BCUT2D eigenvalue weighted by Gasteiger charge is 2.42. The lowest BCUT2D eigenvalue weighted by atomic mass is 9.96. The van der Waals surface area contributed by atoms with E-state index in [0.29, 0.717) is 28.7 Å². The van der Waals surface area contributed by atoms with E-state index in [2.05, 4.69) is 10.2 Å². The summed E-state index contributed by atoms with van der Waals surface area (Å²) in [7, 11) is 3.27. The lowest BCUT2D eigenvalue weighted by Crippen LogP contribution is -2.31. The number of nitrogens with one attached hydrogen (secondary N) is 1. The topological polar surface area (TPSA) is 67.5 Å². The summed E-state index contributed by atoms with van der Waals surface area (Å²) in [5.41, 5.74) is 4.90. The third-order valence-electron chi connectivity index (χ3n) is 6.29. The summed E-state index contributed by atoms with van der Waals surface area (Å²) >= 11 is 12.6. The van der Waals surface area contributed by atoms with Crippen molar-refractivity contribution in [3.05, 3.63) is 99.2 Å². The van der Waals surface area contributed by atoms with Gasteiger partial charge in [-0.1, -0.05) is 41.4 Å². The number of ether oxygens (including phenoxy) is 2. The van der Waals surface area contributed by atoms with Gasteiger partial charge in [0, 0.05) is 17.7 Å². The fourth-order valence-corrected chi connectivity index (χ4v) is 4.77. The Balaban J connectivity index is 1.54. The second-order valence-electron chi connectivity index (χ2n) is 8.26. The van der Waals surface area contributed by atoms with Gasteiger partial charge in [-0.25, -0.2) is 0 Å². The van der Waals surface area contributed by atoms with Crippen LogP contribution in [0.5, 0.6) is 11.5 Å². The lowest BCUT2D eigenvalue weighted by Gasteiger charge is -2.27. The Morgan fingerprint density at radius 2 is 1.57 bits per heavy atom. The molecule has 0 fully saturated rings. The Bertz CT molecular complexity index is 1370. The number of methoxy groups -OCH3 is 2. The number of hydrogen-bond acceptors (Lipinski definition) is 4. The van der Waals surface area contributed by atoms with Crippen molar-refractivity contribution in [1.82, 2.24) is 15.1 Å². The number of rotatable bonds is 7. The zero-order valence-corrected chi connectivity index (χ0v) is 20.7. The van der Waals surface area contributed by atoms with Crippen LogP contribution in [0.2, 0.25) is 10.0 Å². The second kappa shape index (κ2) is 9.64. The smallest absolute Gasteiger partial charge is 0.273 e. The molecule has 8 heteroatoms. The van der Waals surface area contributed by atoms with Crippen LogP contribution in [0.1, 0.15) is 33.2 Å². The van der Waals surface area contributed by atoms with E-state index in [-0.39, 0.29) is 11.9 Å². The molecule has 0 aliphatic carbocycles. The van der Waals surface area contributed by atoms with Crippen molar-refractivity contribution in [3.63, 3.8) is 0 Å². The van der Waals surface area contributed by atoms with E-state index in [4.69, 9.17) is 32.7 Å². The molecule has 0 saturated heterocycles. The first-order valence-corrected chi connectivity index (χ1v) is 11.9. The third-order valence-corrected chi connectivity index (χ3v) is 7.03. The van der Waals surface area contributed by atoms with Gasteiger partial charge in [-0.2, -0.15) is 5.10 Å². The van der Waals surface area contributed by atoms with E-state index < -0.39 is 0 Å². The molecular weight excluding hydrogens is 485 g/mol. The van der Waals surface area contributed by atoms with Crippen LogP contribution in [0, 0.1) is 0 Å². The molecule has 1 N–H and O–H groups in total. The highest BCUT2D eigenvalue weighted by atomic mass is 35.5. The van der Waals surface area contributed by atoms with Crippen molar-refractivity contribution >= 4 is 29.1 Å². The SMILES string of the molecule is COc1ccc(CCN2C(=O)c3[nH]nc(-c4ccc(OC)cc4)c3C2c2ccc(Cl)c(Cl)c2)cc1. The van der Waals surface area contributed by atoms with Gasteiger partial charge in [-0.3, -0.25) is 9.89 Å². The molecule has 1 unspecified atom stereocenters. The molecule has 1 amide bonds. The predicted molar refractivity (Wildman–Crippen MR) is 137 cm³/mol. The van der Waals surface area contributed by atoms with Crippen LogP contribution in [0.3, 0.4) is 0 Å². The summed E-state index contributed by atoms with van der Waals surface area (Å²) in [5, 5.41) is 8.40. The minimum Gasteiger partial charge on any atom is -0.497 e. The molecule has 1 aliphatic heterocycles. The Labute approximate surface area is 213 Å². The highest BCUT2D eigenvalue weighted by molar-refractivity contribution is 6.42. The minimum absolute atomic E-state index is 0.100. The average molecular weight is 508 g/mol. The van der Waals surface area contributed by atoms with E-state index >= 15 is 0 Å². The normalized spacial score (nSPS) is 14.8. The molecule has 0 bridgehead atoms. The molecule has 0 spiro atoms. The number of aromatic nitrogens is 2. The van der Waals surface area contributed by atoms with Gasteiger partial charge in [0.1, 0.15) is 17.2 Å². The van der Waals surface area contributed by atoms with Crippen molar-refractivity contribution in [2.45, 2.75) is 12.5 Å². The van der Waals surface area contributed by atoms with Gasteiger partial charge in [0.05, 0.1) is 36.0 Å². The number of aromatic amines is 1. The van der Waals surface area contributed by atoms with Crippen LogP contribution in [-0.4, -0.2) is 41.8 Å². The number of halogens is 2. The molecule has 0 saturated carbocycles. The minimum atomic E-state index is -0.360. The van der Waals surface area contributed by atoms with Crippen molar-refractivity contribution in [2.24, 2.45) is 0 Å². The molecular formula is C27H23Cl2N3O3. The van der Waals surface area contributed by atoms with Gasteiger partial charge < -0.3 is 14.4 Å². The monoisotopic (exact) mass is 507 g/mol. The summed E-state index contributed by atoms with van der Waals surface area (Å²) in [6, 6.07) is 20.6. The lowest BCUT2D eigenvalue weighted by molar-refractivity contribution is 0.0746. The van der Waals surface area contributed by atoms with Crippen LogP contribution in [0.15, 0.2) is 66.7 Å². The largest absolute Gasteiger partial charge is 0.497 e. The van der Waals surface area contributed by atoms with Gasteiger partial charge in [-0.15, -0.1) is 0 Å². The zero-order valence-electron chi connectivity index (χ0n) is 19.2. The fourth-order valence-electron chi connectivity index (χ4n) is 4.47. The maximum Gasteiger partial charge on any atom is 0.273 e. The Morgan fingerprint density at radius 1 is 0.914 bits per heavy atom. The first-order valence-electron chi connectivity index (χ1n) is 11.1. The first-order chi connectivity index (χ1) is 17.0. The average Bonchev–Trinajstić information content (AvgIpc) is 3.43. The van der Waals surface area contributed by atoms with Gasteiger partial charge in [-0.05, 0) is 66.1 Å². The Morgan fingerprint density at radius 3 is 2.20 bits per heavy atom. The van der Waals surface area contributed by atoms with Crippen molar-refractivity contribution in [2.75, 3.05) is 20.8 Å². The molecule has 1 aromatic heterocycles. The molecule has 35 heavy (non-hydrogen) atoms.